The molecular weight excluding hydrogens is 290 g/mol. The van der Waals surface area contributed by atoms with Gasteiger partial charge in [-0.2, -0.15) is 0 Å². The monoisotopic (exact) mass is 311 g/mol. The Balaban J connectivity index is 2.33. The lowest BCUT2D eigenvalue weighted by molar-refractivity contribution is 0.0591. The average Bonchev–Trinajstić information content (AvgIpc) is 2.86. The Morgan fingerprint density at radius 2 is 2.00 bits per heavy atom. The molecule has 1 fully saturated rings. The largest absolute Gasteiger partial charge is 0.464 e. The molecule has 1 saturated heterocycles. The highest BCUT2D eigenvalue weighted by Gasteiger charge is 2.33. The molecule has 0 unspecified atom stereocenters. The number of aromatic nitrogens is 1. The van der Waals surface area contributed by atoms with Crippen LogP contribution in [0.1, 0.15) is 40.9 Å². The first-order chi connectivity index (χ1) is 9.76. The number of hydrogen-bond donors (Lipinski definition) is 0. The third-order valence-corrected chi connectivity index (χ3v) is 5.12. The highest BCUT2D eigenvalue weighted by Crippen LogP contribution is 2.31. The summed E-state index contributed by atoms with van der Waals surface area (Å²) in [6, 6.07) is 0. The van der Waals surface area contributed by atoms with E-state index < -0.39 is 5.97 Å². The van der Waals surface area contributed by atoms with Crippen LogP contribution in [0.4, 0.5) is 5.13 Å². The second-order valence-corrected chi connectivity index (χ2v) is 6.86. The van der Waals surface area contributed by atoms with Gasteiger partial charge in [-0.15, -0.1) is 0 Å². The second-order valence-electron chi connectivity index (χ2n) is 5.88. The third-order valence-electron chi connectivity index (χ3n) is 3.90. The lowest BCUT2D eigenvalue weighted by atomic mass is 10.0. The third kappa shape index (κ3) is 3.08. The van der Waals surface area contributed by atoms with Crippen molar-refractivity contribution in [1.82, 2.24) is 9.88 Å². The maximum atomic E-state index is 11.8. The molecule has 0 spiro atoms. The molecule has 0 aromatic carbocycles. The van der Waals surface area contributed by atoms with Crippen molar-refractivity contribution in [3.63, 3.8) is 0 Å². The summed E-state index contributed by atoms with van der Waals surface area (Å²) in [5.74, 6) is -0.719. The summed E-state index contributed by atoms with van der Waals surface area (Å²) >= 11 is 1.27. The van der Waals surface area contributed by atoms with E-state index in [1.807, 2.05) is 0 Å². The Labute approximate surface area is 128 Å². The fourth-order valence-electron chi connectivity index (χ4n) is 2.32. The van der Waals surface area contributed by atoms with Crippen molar-refractivity contribution in [3.8, 4) is 0 Å². The van der Waals surface area contributed by atoms with Crippen LogP contribution in [0.15, 0.2) is 0 Å². The minimum Gasteiger partial charge on any atom is -0.464 e. The summed E-state index contributed by atoms with van der Waals surface area (Å²) in [6.45, 7) is 8.31. The molecule has 2 rings (SSSR count). The number of anilines is 1. The van der Waals surface area contributed by atoms with Crippen LogP contribution in [0.25, 0.3) is 0 Å². The number of piperazine rings is 1. The zero-order valence-corrected chi connectivity index (χ0v) is 13.9. The number of Topliss-reactive ketones (excluding diaryl/α,β-unsaturated/α-hetero) is 1. The van der Waals surface area contributed by atoms with Gasteiger partial charge in [0, 0.05) is 32.1 Å². The van der Waals surface area contributed by atoms with Gasteiger partial charge in [0.25, 0.3) is 0 Å². The van der Waals surface area contributed by atoms with E-state index in [1.165, 1.54) is 25.4 Å². The number of ketones is 1. The lowest BCUT2D eigenvalue weighted by Gasteiger charge is -2.45. The minimum absolute atomic E-state index is 0.0196. The molecule has 0 aliphatic carbocycles. The van der Waals surface area contributed by atoms with Crippen molar-refractivity contribution in [2.45, 2.75) is 26.3 Å². The van der Waals surface area contributed by atoms with Gasteiger partial charge in [-0.05, 0) is 20.9 Å². The number of likely N-dealkylation sites (N-methyl/N-ethyl adjacent to an activating group) is 1. The van der Waals surface area contributed by atoms with Gasteiger partial charge in [-0.3, -0.25) is 9.69 Å². The molecule has 2 heterocycles. The molecule has 0 atom stereocenters. The molecule has 1 aromatic heterocycles. The quantitative estimate of drug-likeness (QED) is 0.625. The minimum atomic E-state index is -0.559. The number of rotatable bonds is 3. The van der Waals surface area contributed by atoms with Gasteiger partial charge in [-0.1, -0.05) is 11.3 Å². The SMILES string of the molecule is COC(=O)c1nc(N2CCN(C)C(C)(C)C2)sc1C(C)=O. The lowest BCUT2D eigenvalue weighted by Crippen LogP contribution is -2.57. The van der Waals surface area contributed by atoms with Crippen molar-refractivity contribution in [2.75, 3.05) is 38.7 Å². The first-order valence-electron chi connectivity index (χ1n) is 6.82. The highest BCUT2D eigenvalue weighted by atomic mass is 32.1. The topological polar surface area (TPSA) is 62.7 Å². The first kappa shape index (κ1) is 15.9. The number of methoxy groups -OCH3 is 1. The summed E-state index contributed by atoms with van der Waals surface area (Å²) in [5.41, 5.74) is 0.146. The van der Waals surface area contributed by atoms with Crippen LogP contribution in [0, 0.1) is 0 Å². The van der Waals surface area contributed by atoms with Crippen LogP contribution in [-0.4, -0.2) is 61.0 Å². The standard InChI is InChI=1S/C14H21N3O3S/c1-9(18)11-10(12(19)20-5)15-13(21-11)17-7-6-16(4)14(2,3)8-17/h6-8H2,1-5H3. The van der Waals surface area contributed by atoms with Gasteiger partial charge in [0.15, 0.2) is 16.6 Å². The fraction of sp³-hybridized carbons (Fsp3) is 0.643. The van der Waals surface area contributed by atoms with Gasteiger partial charge >= 0.3 is 5.97 Å². The number of thiazole rings is 1. The van der Waals surface area contributed by atoms with Crippen LogP contribution >= 0.6 is 11.3 Å². The van der Waals surface area contributed by atoms with E-state index in [-0.39, 0.29) is 17.0 Å². The van der Waals surface area contributed by atoms with Gasteiger partial charge < -0.3 is 9.64 Å². The zero-order chi connectivity index (χ0) is 15.8. The Kier molecular flexibility index (Phi) is 4.34. The summed E-state index contributed by atoms with van der Waals surface area (Å²) in [5, 5.41) is 0.710. The number of esters is 1. The molecule has 1 aliphatic rings. The van der Waals surface area contributed by atoms with Gasteiger partial charge in [0.1, 0.15) is 4.88 Å². The maximum absolute atomic E-state index is 11.8. The molecule has 0 saturated carbocycles. The first-order valence-corrected chi connectivity index (χ1v) is 7.64. The van der Waals surface area contributed by atoms with E-state index in [0.717, 1.165) is 19.6 Å². The summed E-state index contributed by atoms with van der Waals surface area (Å²) in [6.07, 6.45) is 0. The van der Waals surface area contributed by atoms with E-state index in [4.69, 9.17) is 4.74 Å². The molecule has 0 N–H and O–H groups in total. The molecule has 1 aliphatic heterocycles. The summed E-state index contributed by atoms with van der Waals surface area (Å²) in [7, 11) is 3.39. The number of ether oxygens (including phenoxy) is 1. The normalized spacial score (nSPS) is 18.6. The smallest absolute Gasteiger partial charge is 0.358 e. The van der Waals surface area contributed by atoms with Crippen molar-refractivity contribution < 1.29 is 14.3 Å². The van der Waals surface area contributed by atoms with Crippen LogP contribution in [0.2, 0.25) is 0 Å². The number of nitrogens with zero attached hydrogens (tertiary/aromatic N) is 3. The van der Waals surface area contributed by atoms with Crippen molar-refractivity contribution in [2.24, 2.45) is 0 Å². The van der Waals surface area contributed by atoms with Crippen LogP contribution in [0.5, 0.6) is 0 Å². The van der Waals surface area contributed by atoms with Crippen LogP contribution in [0.3, 0.4) is 0 Å². The predicted molar refractivity (Wildman–Crippen MR) is 82.4 cm³/mol. The van der Waals surface area contributed by atoms with Crippen LogP contribution in [-0.2, 0) is 4.74 Å². The molecule has 0 radical (unpaired) electrons. The number of hydrogen-bond acceptors (Lipinski definition) is 7. The van der Waals surface area contributed by atoms with Gasteiger partial charge in [0.05, 0.1) is 7.11 Å². The Bertz CT molecular complexity index is 568. The van der Waals surface area contributed by atoms with E-state index in [9.17, 15) is 9.59 Å². The summed E-state index contributed by atoms with van der Waals surface area (Å²) in [4.78, 5) is 32.6. The Morgan fingerprint density at radius 3 is 2.52 bits per heavy atom. The molecule has 116 valence electrons. The van der Waals surface area contributed by atoms with Gasteiger partial charge in [0.2, 0.25) is 0 Å². The van der Waals surface area contributed by atoms with Crippen molar-refractivity contribution in [1.29, 1.82) is 0 Å². The molecule has 0 bridgehead atoms. The maximum Gasteiger partial charge on any atom is 0.358 e. The molecule has 0 amide bonds. The Hall–Kier alpha value is -1.47. The zero-order valence-electron chi connectivity index (χ0n) is 13.1. The van der Waals surface area contributed by atoms with Crippen LogP contribution < -0.4 is 4.90 Å². The molecular formula is C14H21N3O3S. The van der Waals surface area contributed by atoms with Crippen molar-refractivity contribution in [3.05, 3.63) is 10.6 Å². The van der Waals surface area contributed by atoms with E-state index in [0.29, 0.717) is 10.0 Å². The summed E-state index contributed by atoms with van der Waals surface area (Å²) < 4.78 is 4.71. The second kappa shape index (κ2) is 5.73. The van der Waals surface area contributed by atoms with E-state index in [1.54, 1.807) is 0 Å². The Morgan fingerprint density at radius 1 is 1.33 bits per heavy atom. The van der Waals surface area contributed by atoms with E-state index >= 15 is 0 Å². The number of carbonyl (C=O) groups excluding carboxylic acids is 2. The highest BCUT2D eigenvalue weighted by molar-refractivity contribution is 7.17. The fourth-order valence-corrected chi connectivity index (χ4v) is 3.30. The molecule has 1 aromatic rings. The molecule has 7 heteroatoms. The van der Waals surface area contributed by atoms with E-state index in [2.05, 4.69) is 35.7 Å². The average molecular weight is 311 g/mol. The number of carbonyl (C=O) groups is 2. The molecule has 21 heavy (non-hydrogen) atoms. The molecule has 6 nitrogen and oxygen atoms in total. The van der Waals surface area contributed by atoms with Crippen molar-refractivity contribution >= 4 is 28.2 Å². The van der Waals surface area contributed by atoms with Gasteiger partial charge in [-0.25, -0.2) is 9.78 Å². The predicted octanol–water partition coefficient (Wildman–Crippen LogP) is 1.66.